The molecule has 1 aliphatic heterocycles. The van der Waals surface area contributed by atoms with E-state index in [2.05, 4.69) is 4.84 Å². The Morgan fingerprint density at radius 2 is 1.80 bits per heavy atom. The van der Waals surface area contributed by atoms with Gasteiger partial charge in [-0.05, 0) is 12.8 Å². The van der Waals surface area contributed by atoms with E-state index in [1.165, 1.54) is 6.42 Å². The Morgan fingerprint density at radius 3 is 2.30 bits per heavy atom. The first-order valence-electron chi connectivity index (χ1n) is 3.29. The van der Waals surface area contributed by atoms with E-state index in [0.717, 1.165) is 25.9 Å². The second-order valence-electron chi connectivity index (χ2n) is 2.19. The quantitative estimate of drug-likeness (QED) is 0.393. The van der Waals surface area contributed by atoms with E-state index in [9.17, 15) is 4.79 Å². The summed E-state index contributed by atoms with van der Waals surface area (Å²) >= 11 is 0. The minimum atomic E-state index is 0. The van der Waals surface area contributed by atoms with Crippen LogP contribution in [0.2, 0.25) is 0 Å². The van der Waals surface area contributed by atoms with Crippen molar-refractivity contribution in [2.75, 3.05) is 13.1 Å². The molecule has 0 aromatic carbocycles. The van der Waals surface area contributed by atoms with E-state index in [4.69, 9.17) is 0 Å². The van der Waals surface area contributed by atoms with E-state index >= 15 is 0 Å². The number of nitrogens with zero attached hydrogens (tertiary/aromatic N) is 1. The molecule has 0 saturated carbocycles. The Morgan fingerprint density at radius 1 is 1.20 bits per heavy atom. The van der Waals surface area contributed by atoms with Gasteiger partial charge in [-0.25, -0.2) is 0 Å². The Bertz CT molecular complexity index is 93.7. The minimum absolute atomic E-state index is 0. The molecule has 0 amide bonds. The zero-order chi connectivity index (χ0) is 6.53. The molecule has 1 saturated heterocycles. The van der Waals surface area contributed by atoms with Crippen LogP contribution in [0.5, 0.6) is 0 Å². The van der Waals surface area contributed by atoms with Gasteiger partial charge in [0, 0.05) is 13.1 Å². The fourth-order valence-electron chi connectivity index (χ4n) is 1.03. The molecule has 54 valence electrons. The molecule has 0 aromatic heterocycles. The van der Waals surface area contributed by atoms with Crippen LogP contribution in [0, 0.1) is 0 Å². The van der Waals surface area contributed by atoms with E-state index in [1.54, 1.807) is 5.06 Å². The fourth-order valence-corrected chi connectivity index (χ4v) is 1.03. The Hall–Kier alpha value is 0.0274. The van der Waals surface area contributed by atoms with Crippen LogP contribution < -0.4 is 0 Å². The molecule has 0 aliphatic carbocycles. The molecule has 0 spiro atoms. The average Bonchev–Trinajstić information content (AvgIpc) is 1.91. The van der Waals surface area contributed by atoms with E-state index < -0.39 is 0 Å². The van der Waals surface area contributed by atoms with Gasteiger partial charge >= 0.3 is 25.3 Å². The first-order chi connectivity index (χ1) is 4.43. The summed E-state index contributed by atoms with van der Waals surface area (Å²) in [4.78, 5) is 14.4. The van der Waals surface area contributed by atoms with Gasteiger partial charge in [-0.3, -0.25) is 4.79 Å². The van der Waals surface area contributed by atoms with Crippen molar-refractivity contribution in [3.05, 3.63) is 0 Å². The van der Waals surface area contributed by atoms with Crippen molar-refractivity contribution < 1.29 is 9.63 Å². The van der Waals surface area contributed by atoms with Crippen LogP contribution in [0.15, 0.2) is 0 Å². The molecule has 0 radical (unpaired) electrons. The molecule has 0 unspecified atom stereocenters. The Kier molecular flexibility index (Phi) is 5.80. The predicted octanol–water partition coefficient (Wildman–Crippen LogP) is -0.0882. The third-order valence-corrected chi connectivity index (χ3v) is 1.51. The van der Waals surface area contributed by atoms with Gasteiger partial charge in [-0.15, -0.1) is 5.06 Å². The first kappa shape index (κ1) is 10.0. The first-order valence-corrected chi connectivity index (χ1v) is 3.29. The van der Waals surface area contributed by atoms with Crippen LogP contribution in [-0.4, -0.2) is 43.5 Å². The fraction of sp³-hybridized carbons (Fsp3) is 0.833. The van der Waals surface area contributed by atoms with Crippen molar-refractivity contribution in [3.8, 4) is 0 Å². The molecule has 4 heteroatoms. The maximum absolute atomic E-state index is 9.81. The molecule has 1 fully saturated rings. The van der Waals surface area contributed by atoms with Gasteiger partial charge in [0.1, 0.15) is 0 Å². The van der Waals surface area contributed by atoms with Gasteiger partial charge in [0.15, 0.2) is 0 Å². The zero-order valence-corrected chi connectivity index (χ0v) is 5.38. The molecule has 1 rings (SSSR count). The second-order valence-corrected chi connectivity index (χ2v) is 2.19. The summed E-state index contributed by atoms with van der Waals surface area (Å²) in [5, 5.41) is 1.70. The third-order valence-electron chi connectivity index (χ3n) is 1.51. The monoisotopic (exact) mass is 137 g/mol. The van der Waals surface area contributed by atoms with Crippen LogP contribution in [0.1, 0.15) is 19.3 Å². The molecule has 1 heterocycles. The molecule has 0 N–H and O–H groups in total. The van der Waals surface area contributed by atoms with Gasteiger partial charge in [-0.2, -0.15) is 0 Å². The van der Waals surface area contributed by atoms with E-state index in [0.29, 0.717) is 6.47 Å². The SMILES string of the molecule is O=CON1CCCCC1.[LiH]. The Balaban J connectivity index is 0.000000810. The van der Waals surface area contributed by atoms with Gasteiger partial charge in [-0.1, -0.05) is 6.42 Å². The molecule has 10 heavy (non-hydrogen) atoms. The van der Waals surface area contributed by atoms with Crippen molar-refractivity contribution in [3.63, 3.8) is 0 Å². The molecule has 3 nitrogen and oxygen atoms in total. The van der Waals surface area contributed by atoms with Crippen LogP contribution in [0.25, 0.3) is 0 Å². The maximum atomic E-state index is 9.81. The number of carbonyl (C=O) groups is 1. The molecular weight excluding hydrogens is 125 g/mol. The molecule has 0 aromatic rings. The number of rotatable bonds is 2. The number of carbonyl (C=O) groups excluding carboxylic acids is 1. The Labute approximate surface area is 72.8 Å². The van der Waals surface area contributed by atoms with Crippen molar-refractivity contribution in [1.82, 2.24) is 5.06 Å². The summed E-state index contributed by atoms with van der Waals surface area (Å²) in [6, 6.07) is 0. The number of hydroxylamine groups is 2. The topological polar surface area (TPSA) is 29.5 Å². The summed E-state index contributed by atoms with van der Waals surface area (Å²) in [6.45, 7) is 2.29. The second kappa shape index (κ2) is 5.79. The zero-order valence-electron chi connectivity index (χ0n) is 5.38. The summed E-state index contributed by atoms with van der Waals surface area (Å²) < 4.78 is 0. The van der Waals surface area contributed by atoms with Crippen LogP contribution in [0.4, 0.5) is 0 Å². The van der Waals surface area contributed by atoms with Gasteiger partial charge in [0.2, 0.25) is 0 Å². The van der Waals surface area contributed by atoms with Crippen molar-refractivity contribution in [2.45, 2.75) is 19.3 Å². The van der Waals surface area contributed by atoms with Crippen LogP contribution >= 0.6 is 0 Å². The molecule has 1 aliphatic rings. The summed E-state index contributed by atoms with van der Waals surface area (Å²) in [5.41, 5.74) is 0. The van der Waals surface area contributed by atoms with E-state index in [1.807, 2.05) is 0 Å². The average molecular weight is 137 g/mol. The third kappa shape index (κ3) is 3.26. The number of hydrogen-bond acceptors (Lipinski definition) is 3. The number of hydrogen-bond donors (Lipinski definition) is 0. The van der Waals surface area contributed by atoms with Gasteiger partial charge < -0.3 is 4.84 Å². The van der Waals surface area contributed by atoms with Crippen LogP contribution in [0.3, 0.4) is 0 Å². The van der Waals surface area contributed by atoms with Gasteiger partial charge in [0.05, 0.1) is 0 Å². The summed E-state index contributed by atoms with van der Waals surface area (Å²) in [6.07, 6.45) is 3.56. The van der Waals surface area contributed by atoms with Crippen molar-refractivity contribution in [2.24, 2.45) is 0 Å². The molecular formula is C6H12LiNO2. The summed E-state index contributed by atoms with van der Waals surface area (Å²) in [7, 11) is 0. The van der Waals surface area contributed by atoms with E-state index in [-0.39, 0.29) is 18.9 Å². The normalized spacial score (nSPS) is 19.2. The molecule has 0 bridgehead atoms. The standard InChI is InChI=1S/C6H11NO2.Li.H/c8-6-9-7-4-2-1-3-5-7;;/h6H,1-5H2;;. The predicted molar refractivity (Wildman–Crippen MR) is 39.7 cm³/mol. The van der Waals surface area contributed by atoms with Gasteiger partial charge in [0.25, 0.3) is 0 Å². The number of piperidine rings is 1. The van der Waals surface area contributed by atoms with Crippen molar-refractivity contribution in [1.29, 1.82) is 0 Å². The van der Waals surface area contributed by atoms with Crippen LogP contribution in [-0.2, 0) is 9.63 Å². The van der Waals surface area contributed by atoms with Crippen molar-refractivity contribution >= 4 is 25.3 Å². The molecule has 0 atom stereocenters. The summed E-state index contributed by atoms with van der Waals surface area (Å²) in [5.74, 6) is 0.